The number of benzene rings is 2. The minimum atomic E-state index is -3.45. The van der Waals surface area contributed by atoms with Crippen LogP contribution in [0.25, 0.3) is 20.2 Å². The van der Waals surface area contributed by atoms with Gasteiger partial charge in [0.1, 0.15) is 10.6 Å². The number of rotatable bonds is 2. The summed E-state index contributed by atoms with van der Waals surface area (Å²) in [5, 5.41) is 2.23. The van der Waals surface area contributed by atoms with Crippen LogP contribution in [0.1, 0.15) is 45.2 Å². The Morgan fingerprint density at radius 1 is 1.14 bits per heavy atom. The normalized spacial score (nSPS) is 26.1. The van der Waals surface area contributed by atoms with E-state index in [2.05, 4.69) is 36.1 Å². The lowest BCUT2D eigenvalue weighted by molar-refractivity contribution is 0.492. The second-order valence-electron chi connectivity index (χ2n) is 8.01. The topological polar surface area (TPSA) is 72.5 Å². The largest absolute Gasteiger partial charge is 0.386 e. The zero-order chi connectivity index (χ0) is 21.0. The molecular formula is C23H24N2O2S2. The lowest BCUT2D eigenvalue weighted by atomic mass is 9.92. The van der Waals surface area contributed by atoms with E-state index in [1.807, 2.05) is 32.9 Å². The Kier molecular flexibility index (Phi) is 4.52. The van der Waals surface area contributed by atoms with Gasteiger partial charge in [0.25, 0.3) is 0 Å². The monoisotopic (exact) mass is 424 g/mol. The molecule has 2 N–H and O–H groups in total. The number of nitrogens with zero attached hydrogens (tertiary/aromatic N) is 1. The fourth-order valence-corrected chi connectivity index (χ4v) is 7.15. The van der Waals surface area contributed by atoms with Gasteiger partial charge in [0.2, 0.25) is 0 Å². The first kappa shape index (κ1) is 19.9. The summed E-state index contributed by atoms with van der Waals surface area (Å²) in [5.41, 5.74) is 7.14. The van der Waals surface area contributed by atoms with E-state index in [0.29, 0.717) is 6.42 Å². The molecule has 0 spiro atoms. The van der Waals surface area contributed by atoms with Crippen LogP contribution in [0.2, 0.25) is 0 Å². The quantitative estimate of drug-likeness (QED) is 0.611. The Morgan fingerprint density at radius 3 is 2.41 bits per heavy atom. The van der Waals surface area contributed by atoms with Crippen LogP contribution in [-0.4, -0.2) is 24.8 Å². The van der Waals surface area contributed by atoms with Gasteiger partial charge in [-0.1, -0.05) is 18.9 Å². The second kappa shape index (κ2) is 6.58. The fraction of sp³-hybridized carbons (Fsp3) is 0.348. The summed E-state index contributed by atoms with van der Waals surface area (Å²) >= 11 is 1.72. The zero-order valence-corrected chi connectivity index (χ0v) is 18.7. The molecule has 0 bridgehead atoms. The van der Waals surface area contributed by atoms with Gasteiger partial charge in [-0.3, -0.25) is 4.99 Å². The van der Waals surface area contributed by atoms with Crippen molar-refractivity contribution < 1.29 is 8.42 Å². The van der Waals surface area contributed by atoms with Crippen LogP contribution in [0.5, 0.6) is 0 Å². The highest BCUT2D eigenvalue weighted by atomic mass is 32.2. The summed E-state index contributed by atoms with van der Waals surface area (Å²) in [6, 6.07) is 12.3. The van der Waals surface area contributed by atoms with Crippen LogP contribution in [0, 0.1) is 11.8 Å². The lowest BCUT2D eigenvalue weighted by Gasteiger charge is -2.39. The number of hydrogen-bond donors (Lipinski definition) is 1. The number of sulfone groups is 1. The van der Waals surface area contributed by atoms with E-state index in [-0.39, 0.29) is 11.6 Å². The van der Waals surface area contributed by atoms with Crippen LogP contribution in [0.4, 0.5) is 0 Å². The SMILES string of the molecule is CC#Cc1ccc2sc3ccc([C@]4(C)CS(=O)(=O)[C@@](C)(CC)C(N)=N4)cc3c2c1. The Hall–Kier alpha value is -2.36. The minimum Gasteiger partial charge on any atom is -0.386 e. The molecule has 0 saturated carbocycles. The van der Waals surface area contributed by atoms with Crippen molar-refractivity contribution in [2.24, 2.45) is 10.7 Å². The summed E-state index contributed by atoms with van der Waals surface area (Å²) in [4.78, 5) is 4.72. The molecule has 1 aliphatic heterocycles. The van der Waals surface area contributed by atoms with Gasteiger partial charge in [0.05, 0.1) is 11.3 Å². The van der Waals surface area contributed by atoms with E-state index < -0.39 is 20.1 Å². The van der Waals surface area contributed by atoms with Gasteiger partial charge in [-0.15, -0.1) is 17.3 Å². The van der Waals surface area contributed by atoms with Crippen molar-refractivity contribution in [3.05, 3.63) is 47.5 Å². The van der Waals surface area contributed by atoms with Crippen molar-refractivity contribution in [2.45, 2.75) is 44.4 Å². The lowest BCUT2D eigenvalue weighted by Crippen LogP contribution is -2.56. The highest BCUT2D eigenvalue weighted by Crippen LogP contribution is 2.41. The number of aliphatic imine (C=N–C) groups is 1. The maximum Gasteiger partial charge on any atom is 0.165 e. The first-order chi connectivity index (χ1) is 13.6. The first-order valence-corrected chi connectivity index (χ1v) is 12.1. The van der Waals surface area contributed by atoms with E-state index >= 15 is 0 Å². The molecule has 29 heavy (non-hydrogen) atoms. The Bertz CT molecular complexity index is 1340. The summed E-state index contributed by atoms with van der Waals surface area (Å²) in [7, 11) is -3.45. The molecule has 0 unspecified atom stereocenters. The molecule has 2 heterocycles. The summed E-state index contributed by atoms with van der Waals surface area (Å²) < 4.78 is 27.4. The highest BCUT2D eigenvalue weighted by molar-refractivity contribution is 7.93. The van der Waals surface area contributed by atoms with Gasteiger partial charge >= 0.3 is 0 Å². The van der Waals surface area contributed by atoms with E-state index in [1.54, 1.807) is 18.3 Å². The van der Waals surface area contributed by atoms with Crippen LogP contribution in [0.3, 0.4) is 0 Å². The molecule has 0 amide bonds. The average Bonchev–Trinajstić information content (AvgIpc) is 3.03. The maximum atomic E-state index is 13.1. The van der Waals surface area contributed by atoms with Gasteiger partial charge in [-0.2, -0.15) is 0 Å². The maximum absolute atomic E-state index is 13.1. The van der Waals surface area contributed by atoms with Crippen LogP contribution < -0.4 is 5.73 Å². The third kappa shape index (κ3) is 2.95. The third-order valence-electron chi connectivity index (χ3n) is 6.10. The van der Waals surface area contributed by atoms with Crippen molar-refractivity contribution in [1.29, 1.82) is 0 Å². The molecule has 0 aliphatic carbocycles. The summed E-state index contributed by atoms with van der Waals surface area (Å²) in [5.74, 6) is 6.20. The smallest absolute Gasteiger partial charge is 0.165 e. The van der Waals surface area contributed by atoms with E-state index in [4.69, 9.17) is 10.7 Å². The molecule has 1 aromatic heterocycles. The van der Waals surface area contributed by atoms with Crippen molar-refractivity contribution in [1.82, 2.24) is 0 Å². The number of thiophene rings is 1. The summed E-state index contributed by atoms with van der Waals surface area (Å²) in [6.45, 7) is 7.19. The van der Waals surface area contributed by atoms with Gasteiger partial charge < -0.3 is 5.73 Å². The molecule has 4 nitrogen and oxygen atoms in total. The zero-order valence-electron chi connectivity index (χ0n) is 17.0. The standard InChI is InChI=1S/C23H24N2O2S2/c1-5-7-15-8-10-19-17(12-15)18-13-16(9-11-20(18)28-19)22(3)14-29(26,27)23(4,6-2)21(24)25-22/h8-13H,6,14H2,1-4H3,(H2,24,25)/t22-,23-/m0/s1. The van der Waals surface area contributed by atoms with Crippen molar-refractivity contribution in [3.63, 3.8) is 0 Å². The third-order valence-corrected chi connectivity index (χ3v) is 10.1. The Morgan fingerprint density at radius 2 is 1.79 bits per heavy atom. The van der Waals surface area contributed by atoms with Crippen LogP contribution in [0.15, 0.2) is 41.4 Å². The van der Waals surface area contributed by atoms with E-state index in [0.717, 1.165) is 26.6 Å². The predicted octanol–water partition coefficient (Wildman–Crippen LogP) is 4.60. The van der Waals surface area contributed by atoms with Crippen molar-refractivity contribution in [3.8, 4) is 11.8 Å². The molecule has 1 aliphatic rings. The number of hydrogen-bond acceptors (Lipinski definition) is 5. The first-order valence-electron chi connectivity index (χ1n) is 9.61. The molecule has 150 valence electrons. The fourth-order valence-electron chi connectivity index (χ4n) is 3.99. The average molecular weight is 425 g/mol. The number of amidine groups is 1. The van der Waals surface area contributed by atoms with E-state index in [1.165, 1.54) is 4.70 Å². The van der Waals surface area contributed by atoms with Gasteiger partial charge in [0.15, 0.2) is 9.84 Å². The van der Waals surface area contributed by atoms with Gasteiger partial charge in [-0.05, 0) is 63.1 Å². The van der Waals surface area contributed by atoms with Crippen LogP contribution in [-0.2, 0) is 15.4 Å². The van der Waals surface area contributed by atoms with Crippen molar-refractivity contribution >= 4 is 47.2 Å². The van der Waals surface area contributed by atoms with Crippen LogP contribution >= 0.6 is 11.3 Å². The second-order valence-corrected chi connectivity index (χ2v) is 11.5. The minimum absolute atomic E-state index is 0.0504. The molecule has 0 fully saturated rings. The molecule has 0 saturated heterocycles. The van der Waals surface area contributed by atoms with E-state index in [9.17, 15) is 8.42 Å². The molecule has 4 rings (SSSR count). The number of nitrogens with two attached hydrogens (primary N) is 1. The molecule has 2 aromatic carbocycles. The Balaban J connectivity index is 1.93. The predicted molar refractivity (Wildman–Crippen MR) is 123 cm³/mol. The Labute approximate surface area is 175 Å². The molecular weight excluding hydrogens is 400 g/mol. The molecule has 0 radical (unpaired) electrons. The highest BCUT2D eigenvalue weighted by Gasteiger charge is 2.50. The number of fused-ring (bicyclic) bond motifs is 3. The van der Waals surface area contributed by atoms with Gasteiger partial charge in [0, 0.05) is 25.7 Å². The molecule has 6 heteroatoms. The molecule has 3 aromatic rings. The van der Waals surface area contributed by atoms with Crippen molar-refractivity contribution in [2.75, 3.05) is 5.75 Å². The molecule has 2 atom stereocenters. The summed E-state index contributed by atoms with van der Waals surface area (Å²) in [6.07, 6.45) is 0.413. The van der Waals surface area contributed by atoms with Gasteiger partial charge in [-0.25, -0.2) is 8.42 Å².